The van der Waals surface area contributed by atoms with Crippen molar-refractivity contribution in [2.75, 3.05) is 0 Å². The Hall–Kier alpha value is -1.28. The molecule has 21 heavy (non-hydrogen) atoms. The van der Waals surface area contributed by atoms with Gasteiger partial charge in [0.15, 0.2) is 0 Å². The molecule has 1 nitrogen and oxygen atoms in total. The van der Waals surface area contributed by atoms with E-state index in [0.29, 0.717) is 4.83 Å². The highest BCUT2D eigenvalue weighted by Gasteiger charge is 2.20. The maximum Gasteiger partial charge on any atom is 0.135 e. The Balaban J connectivity index is 1.70. The molecular weight excluding hydrogens is 324 g/mol. The smallest absolute Gasteiger partial charge is 0.135 e. The molecule has 0 radical (unpaired) electrons. The molecule has 2 heteroatoms. The summed E-state index contributed by atoms with van der Waals surface area (Å²) in [4.78, 5) is 0.457. The van der Waals surface area contributed by atoms with Crippen LogP contribution in [0.3, 0.4) is 0 Å². The summed E-state index contributed by atoms with van der Waals surface area (Å²) in [6.45, 7) is 0. The van der Waals surface area contributed by atoms with E-state index in [4.69, 9.17) is 4.42 Å². The van der Waals surface area contributed by atoms with Gasteiger partial charge in [0.1, 0.15) is 11.2 Å². The second-order valence-corrected chi connectivity index (χ2v) is 7.31. The minimum atomic E-state index is 0.457. The summed E-state index contributed by atoms with van der Waals surface area (Å²) in [7, 11) is 0. The van der Waals surface area contributed by atoms with Gasteiger partial charge in [-0.15, -0.1) is 0 Å². The number of hydrogen-bond donors (Lipinski definition) is 0. The number of alkyl halides is 1. The molecule has 0 aliphatic heterocycles. The minimum Gasteiger partial charge on any atom is -0.456 e. The predicted octanol–water partition coefficient (Wildman–Crippen LogP) is 6.60. The van der Waals surface area contributed by atoms with E-state index < -0.39 is 0 Å². The molecule has 0 amide bonds. The van der Waals surface area contributed by atoms with E-state index in [-0.39, 0.29) is 0 Å². The zero-order valence-corrected chi connectivity index (χ0v) is 13.6. The van der Waals surface area contributed by atoms with E-state index in [0.717, 1.165) is 17.1 Å². The Morgan fingerprint density at radius 3 is 2.62 bits per heavy atom. The van der Waals surface area contributed by atoms with E-state index >= 15 is 0 Å². The quantitative estimate of drug-likeness (QED) is 0.488. The Morgan fingerprint density at radius 2 is 1.76 bits per heavy atom. The van der Waals surface area contributed by atoms with E-state index in [9.17, 15) is 0 Å². The fraction of sp³-hybridized carbons (Fsp3) is 0.368. The number of benzene rings is 2. The van der Waals surface area contributed by atoms with Gasteiger partial charge in [0.25, 0.3) is 0 Å². The zero-order chi connectivity index (χ0) is 14.2. The molecule has 1 aliphatic carbocycles. The van der Waals surface area contributed by atoms with Gasteiger partial charge in [-0.25, -0.2) is 0 Å². The SMILES string of the molecule is BrC(CC1CCCC1)c1ccc2oc3ccccc3c2c1. The highest BCUT2D eigenvalue weighted by molar-refractivity contribution is 9.09. The Kier molecular flexibility index (Phi) is 3.50. The van der Waals surface area contributed by atoms with Crippen LogP contribution in [-0.2, 0) is 0 Å². The molecule has 1 fully saturated rings. The Labute approximate surface area is 133 Å². The lowest BCUT2D eigenvalue weighted by Gasteiger charge is -2.15. The van der Waals surface area contributed by atoms with Crippen LogP contribution in [0.2, 0.25) is 0 Å². The molecule has 1 atom stereocenters. The molecule has 1 saturated carbocycles. The van der Waals surface area contributed by atoms with Crippen molar-refractivity contribution in [1.29, 1.82) is 0 Å². The normalized spacial score (nSPS) is 17.8. The summed E-state index contributed by atoms with van der Waals surface area (Å²) in [5.41, 5.74) is 3.34. The third kappa shape index (κ3) is 2.50. The van der Waals surface area contributed by atoms with Crippen LogP contribution in [0.1, 0.15) is 42.5 Å². The van der Waals surface area contributed by atoms with Crippen LogP contribution >= 0.6 is 15.9 Å². The maximum absolute atomic E-state index is 5.91. The summed E-state index contributed by atoms with van der Waals surface area (Å²) in [6.07, 6.45) is 6.88. The third-order valence-corrected chi connectivity index (χ3v) is 5.68. The highest BCUT2D eigenvalue weighted by atomic mass is 79.9. The summed E-state index contributed by atoms with van der Waals surface area (Å²) in [6, 6.07) is 14.9. The molecule has 4 rings (SSSR count). The lowest BCUT2D eigenvalue weighted by atomic mass is 9.97. The van der Waals surface area contributed by atoms with E-state index in [2.05, 4.69) is 46.3 Å². The highest BCUT2D eigenvalue weighted by Crippen LogP contribution is 2.39. The summed E-state index contributed by atoms with van der Waals surface area (Å²) in [5, 5.41) is 2.45. The van der Waals surface area contributed by atoms with Crippen molar-refractivity contribution in [3.05, 3.63) is 48.0 Å². The van der Waals surface area contributed by atoms with Gasteiger partial charge in [0.05, 0.1) is 0 Å². The third-order valence-electron chi connectivity index (χ3n) is 4.78. The van der Waals surface area contributed by atoms with Gasteiger partial charge >= 0.3 is 0 Å². The van der Waals surface area contributed by atoms with Crippen LogP contribution < -0.4 is 0 Å². The first kappa shape index (κ1) is 13.4. The van der Waals surface area contributed by atoms with E-state index in [1.165, 1.54) is 48.4 Å². The molecule has 0 bridgehead atoms. The largest absolute Gasteiger partial charge is 0.456 e. The van der Waals surface area contributed by atoms with Crippen molar-refractivity contribution in [3.63, 3.8) is 0 Å². The molecule has 0 spiro atoms. The summed E-state index contributed by atoms with van der Waals surface area (Å²) in [5.74, 6) is 0.895. The molecule has 2 aromatic carbocycles. The number of furan rings is 1. The second-order valence-electron chi connectivity index (χ2n) is 6.21. The zero-order valence-electron chi connectivity index (χ0n) is 12.0. The van der Waals surface area contributed by atoms with Crippen molar-refractivity contribution in [1.82, 2.24) is 0 Å². The average molecular weight is 343 g/mol. The molecule has 1 aliphatic rings. The number of para-hydroxylation sites is 1. The molecule has 0 saturated heterocycles. The lowest BCUT2D eigenvalue weighted by molar-refractivity contribution is 0.502. The Bertz CT molecular complexity index is 767. The van der Waals surface area contributed by atoms with E-state index in [1.54, 1.807) is 0 Å². The molecule has 0 N–H and O–H groups in total. The van der Waals surface area contributed by atoms with Crippen LogP contribution in [-0.4, -0.2) is 0 Å². The van der Waals surface area contributed by atoms with Gasteiger partial charge in [-0.3, -0.25) is 0 Å². The monoisotopic (exact) mass is 342 g/mol. The first-order chi connectivity index (χ1) is 10.3. The molecule has 3 aromatic rings. The van der Waals surface area contributed by atoms with Crippen molar-refractivity contribution in [2.45, 2.75) is 36.9 Å². The molecule has 1 heterocycles. The van der Waals surface area contributed by atoms with Crippen LogP contribution in [0.4, 0.5) is 0 Å². The molecule has 1 aromatic heterocycles. The summed E-state index contributed by atoms with van der Waals surface area (Å²) >= 11 is 3.90. The van der Waals surface area contributed by atoms with Gasteiger partial charge in [0, 0.05) is 15.6 Å². The average Bonchev–Trinajstić information content (AvgIpc) is 3.13. The number of fused-ring (bicyclic) bond motifs is 3. The summed E-state index contributed by atoms with van der Waals surface area (Å²) < 4.78 is 5.91. The van der Waals surface area contributed by atoms with Gasteiger partial charge in [-0.2, -0.15) is 0 Å². The molecular formula is C19H19BrO. The number of halogens is 1. The van der Waals surface area contributed by atoms with Crippen molar-refractivity contribution in [3.8, 4) is 0 Å². The number of hydrogen-bond acceptors (Lipinski definition) is 1. The first-order valence-corrected chi connectivity index (χ1v) is 8.78. The molecule has 108 valence electrons. The van der Waals surface area contributed by atoms with Crippen LogP contribution in [0.25, 0.3) is 21.9 Å². The van der Waals surface area contributed by atoms with Gasteiger partial charge in [-0.1, -0.05) is 65.9 Å². The van der Waals surface area contributed by atoms with Crippen LogP contribution in [0, 0.1) is 5.92 Å². The van der Waals surface area contributed by atoms with Crippen molar-refractivity contribution < 1.29 is 4.42 Å². The fourth-order valence-electron chi connectivity index (χ4n) is 3.61. The van der Waals surface area contributed by atoms with Crippen LogP contribution in [0.5, 0.6) is 0 Å². The second kappa shape index (κ2) is 5.49. The predicted molar refractivity (Wildman–Crippen MR) is 92.0 cm³/mol. The maximum atomic E-state index is 5.91. The number of rotatable bonds is 3. The van der Waals surface area contributed by atoms with Gasteiger partial charge < -0.3 is 4.42 Å². The minimum absolute atomic E-state index is 0.457. The Morgan fingerprint density at radius 1 is 1.00 bits per heavy atom. The topological polar surface area (TPSA) is 13.1 Å². The molecule has 1 unspecified atom stereocenters. The van der Waals surface area contributed by atoms with E-state index in [1.807, 2.05) is 12.1 Å². The van der Waals surface area contributed by atoms with Gasteiger partial charge in [0.2, 0.25) is 0 Å². The standard InChI is InChI=1S/C19H19BrO/c20-17(11-13-5-1-2-6-13)14-9-10-19-16(12-14)15-7-3-4-8-18(15)21-19/h3-4,7-10,12-13,17H,1-2,5-6,11H2. The van der Waals surface area contributed by atoms with Crippen molar-refractivity contribution in [2.24, 2.45) is 5.92 Å². The van der Waals surface area contributed by atoms with Crippen LogP contribution in [0.15, 0.2) is 46.9 Å². The first-order valence-electron chi connectivity index (χ1n) is 7.86. The lowest BCUT2D eigenvalue weighted by Crippen LogP contribution is -1.99. The fourth-order valence-corrected chi connectivity index (χ4v) is 4.43. The van der Waals surface area contributed by atoms with Crippen molar-refractivity contribution >= 4 is 37.9 Å². The van der Waals surface area contributed by atoms with Gasteiger partial charge in [-0.05, 0) is 36.1 Å².